The number of ketones is 1. The normalized spacial score (nSPS) is 14.2. The van der Waals surface area contributed by atoms with Crippen molar-refractivity contribution in [2.75, 3.05) is 41.5 Å². The van der Waals surface area contributed by atoms with Gasteiger partial charge in [-0.3, -0.25) is 4.79 Å². The SMILES string of the molecule is COc1ccc(F)cc1C(=O)c1cnc(N(C2CCNCC2)S(=O)(=O)CCCCl)nc1Nc1ccccc1. The molecule has 1 aliphatic rings. The fraction of sp³-hybridized carbons (Fsp3) is 0.346. The van der Waals surface area contributed by atoms with Crippen LogP contribution in [-0.4, -0.2) is 62.0 Å². The van der Waals surface area contributed by atoms with Crippen molar-refractivity contribution < 1.29 is 22.3 Å². The average molecular weight is 562 g/mol. The molecule has 2 N–H and O–H groups in total. The first-order valence-electron chi connectivity index (χ1n) is 12.2. The van der Waals surface area contributed by atoms with E-state index in [0.717, 1.165) is 6.07 Å². The van der Waals surface area contributed by atoms with Crippen molar-refractivity contribution in [3.8, 4) is 5.75 Å². The zero-order valence-corrected chi connectivity index (χ0v) is 22.4. The van der Waals surface area contributed by atoms with Crippen LogP contribution in [0.4, 0.5) is 21.8 Å². The standard InChI is InChI=1S/C26H29ClFN5O4S/c1-37-23-9-8-18(28)16-21(23)24(34)22-17-30-26(32-25(22)31-19-6-3-2-4-7-19)33(20-10-13-29-14-11-20)38(35,36)15-5-12-27/h2-4,6-9,16-17,20,29H,5,10-15H2,1H3,(H,30,31,32). The van der Waals surface area contributed by atoms with E-state index < -0.39 is 21.6 Å². The van der Waals surface area contributed by atoms with Crippen molar-refractivity contribution in [3.05, 3.63) is 71.7 Å². The number of para-hydroxylation sites is 1. The summed E-state index contributed by atoms with van der Waals surface area (Å²) in [7, 11) is -2.43. The first-order chi connectivity index (χ1) is 18.3. The Bertz CT molecular complexity index is 1370. The van der Waals surface area contributed by atoms with E-state index in [1.165, 1.54) is 29.7 Å². The number of anilines is 3. The van der Waals surface area contributed by atoms with Gasteiger partial charge in [0.2, 0.25) is 21.8 Å². The number of nitrogens with zero attached hydrogens (tertiary/aromatic N) is 3. The maximum atomic E-state index is 14.1. The van der Waals surface area contributed by atoms with Crippen LogP contribution >= 0.6 is 11.6 Å². The van der Waals surface area contributed by atoms with Crippen LogP contribution in [0.5, 0.6) is 5.75 Å². The number of hydrogen-bond donors (Lipinski definition) is 2. The van der Waals surface area contributed by atoms with E-state index in [2.05, 4.69) is 20.6 Å². The minimum atomic E-state index is -3.81. The van der Waals surface area contributed by atoms with E-state index in [1.807, 2.05) is 6.07 Å². The van der Waals surface area contributed by atoms with Crippen LogP contribution in [0.25, 0.3) is 0 Å². The summed E-state index contributed by atoms with van der Waals surface area (Å²) >= 11 is 5.80. The topological polar surface area (TPSA) is 114 Å². The summed E-state index contributed by atoms with van der Waals surface area (Å²) < 4.78 is 47.5. The van der Waals surface area contributed by atoms with Crippen molar-refractivity contribution in [1.29, 1.82) is 0 Å². The van der Waals surface area contributed by atoms with E-state index in [1.54, 1.807) is 24.3 Å². The predicted octanol–water partition coefficient (Wildman–Crippen LogP) is 4.12. The quantitative estimate of drug-likeness (QED) is 0.265. The highest BCUT2D eigenvalue weighted by Crippen LogP contribution is 2.30. The summed E-state index contributed by atoms with van der Waals surface area (Å²) in [5.74, 6) is -0.921. The van der Waals surface area contributed by atoms with Gasteiger partial charge in [-0.05, 0) is 62.7 Å². The van der Waals surface area contributed by atoms with Crippen LogP contribution in [0.3, 0.4) is 0 Å². The van der Waals surface area contributed by atoms with E-state index in [4.69, 9.17) is 16.3 Å². The van der Waals surface area contributed by atoms with Gasteiger partial charge < -0.3 is 15.4 Å². The fourth-order valence-electron chi connectivity index (χ4n) is 4.29. The molecule has 0 atom stereocenters. The molecule has 0 unspecified atom stereocenters. The largest absolute Gasteiger partial charge is 0.496 e. The van der Waals surface area contributed by atoms with Gasteiger partial charge in [0.1, 0.15) is 17.4 Å². The Morgan fingerprint density at radius 2 is 1.92 bits per heavy atom. The maximum absolute atomic E-state index is 14.1. The number of aromatic nitrogens is 2. The number of sulfonamides is 1. The van der Waals surface area contributed by atoms with Crippen LogP contribution in [0.1, 0.15) is 35.2 Å². The van der Waals surface area contributed by atoms with Gasteiger partial charge in [0, 0.05) is 17.8 Å². The third-order valence-corrected chi connectivity index (χ3v) is 8.27. The molecule has 1 aromatic heterocycles. The molecule has 2 heterocycles. The van der Waals surface area contributed by atoms with Gasteiger partial charge in [-0.1, -0.05) is 18.2 Å². The minimum Gasteiger partial charge on any atom is -0.496 e. The molecule has 2 aromatic carbocycles. The van der Waals surface area contributed by atoms with E-state index in [-0.39, 0.29) is 52.7 Å². The minimum absolute atomic E-state index is 0.00935. The number of nitrogens with one attached hydrogen (secondary N) is 2. The van der Waals surface area contributed by atoms with Gasteiger partial charge in [0.05, 0.1) is 30.0 Å². The lowest BCUT2D eigenvalue weighted by atomic mass is 10.0. The highest BCUT2D eigenvalue weighted by atomic mass is 35.5. The molecule has 0 aliphatic carbocycles. The van der Waals surface area contributed by atoms with Crippen molar-refractivity contribution in [3.63, 3.8) is 0 Å². The molecule has 0 spiro atoms. The molecule has 12 heteroatoms. The number of hydrogen-bond acceptors (Lipinski definition) is 8. The Balaban J connectivity index is 1.83. The highest BCUT2D eigenvalue weighted by molar-refractivity contribution is 7.92. The van der Waals surface area contributed by atoms with Crippen molar-refractivity contribution in [2.24, 2.45) is 0 Å². The molecule has 1 aliphatic heterocycles. The number of benzene rings is 2. The second-order valence-electron chi connectivity index (χ2n) is 8.73. The van der Waals surface area contributed by atoms with Gasteiger partial charge in [-0.15, -0.1) is 11.6 Å². The number of carbonyl (C=O) groups is 1. The van der Waals surface area contributed by atoms with Gasteiger partial charge in [-0.2, -0.15) is 4.98 Å². The number of ether oxygens (including phenoxy) is 1. The number of methoxy groups -OCH3 is 1. The fourth-order valence-corrected chi connectivity index (χ4v) is 6.29. The molecular weight excluding hydrogens is 533 g/mol. The average Bonchev–Trinajstić information content (AvgIpc) is 2.93. The predicted molar refractivity (Wildman–Crippen MR) is 146 cm³/mol. The summed E-state index contributed by atoms with van der Waals surface area (Å²) in [6.45, 7) is 1.30. The number of piperidine rings is 1. The number of alkyl halides is 1. The van der Waals surface area contributed by atoms with E-state index >= 15 is 0 Å². The molecule has 9 nitrogen and oxygen atoms in total. The molecule has 1 fully saturated rings. The summed E-state index contributed by atoms with van der Waals surface area (Å²) in [5, 5.41) is 6.34. The summed E-state index contributed by atoms with van der Waals surface area (Å²) in [4.78, 5) is 22.5. The lowest BCUT2D eigenvalue weighted by molar-refractivity contribution is 0.103. The maximum Gasteiger partial charge on any atom is 0.241 e. The monoisotopic (exact) mass is 561 g/mol. The van der Waals surface area contributed by atoms with Gasteiger partial charge in [0.25, 0.3) is 0 Å². The third-order valence-electron chi connectivity index (χ3n) is 6.14. The Hall–Kier alpha value is -3.28. The zero-order chi connectivity index (χ0) is 27.1. The molecule has 38 heavy (non-hydrogen) atoms. The molecule has 0 bridgehead atoms. The molecule has 0 saturated carbocycles. The molecule has 202 valence electrons. The van der Waals surface area contributed by atoms with Crippen LogP contribution in [0, 0.1) is 5.82 Å². The Morgan fingerprint density at radius 1 is 1.18 bits per heavy atom. The summed E-state index contributed by atoms with van der Waals surface area (Å²) in [6.07, 6.45) is 2.69. The van der Waals surface area contributed by atoms with Crippen LogP contribution in [0.15, 0.2) is 54.7 Å². The van der Waals surface area contributed by atoms with Crippen LogP contribution < -0.4 is 19.7 Å². The van der Waals surface area contributed by atoms with Crippen molar-refractivity contribution in [2.45, 2.75) is 25.3 Å². The van der Waals surface area contributed by atoms with Gasteiger partial charge in [-0.25, -0.2) is 22.1 Å². The van der Waals surface area contributed by atoms with Crippen LogP contribution in [0.2, 0.25) is 0 Å². The second kappa shape index (κ2) is 12.5. The lowest BCUT2D eigenvalue weighted by Gasteiger charge is -2.34. The zero-order valence-electron chi connectivity index (χ0n) is 20.9. The number of carbonyl (C=O) groups excluding carboxylic acids is 1. The Morgan fingerprint density at radius 3 is 2.61 bits per heavy atom. The van der Waals surface area contributed by atoms with E-state index in [0.29, 0.717) is 31.6 Å². The third kappa shape index (κ3) is 6.40. The van der Waals surface area contributed by atoms with Crippen molar-refractivity contribution >= 4 is 44.9 Å². The number of rotatable bonds is 11. The highest BCUT2D eigenvalue weighted by Gasteiger charge is 2.34. The number of halogens is 2. The first-order valence-corrected chi connectivity index (χ1v) is 14.3. The Labute approximate surface area is 226 Å². The molecule has 1 saturated heterocycles. The smallest absolute Gasteiger partial charge is 0.241 e. The molecule has 3 aromatic rings. The van der Waals surface area contributed by atoms with Crippen LogP contribution in [-0.2, 0) is 10.0 Å². The first kappa shape index (κ1) is 27.7. The molecule has 0 amide bonds. The molecular formula is C26H29ClFN5O4S. The second-order valence-corrected chi connectivity index (χ2v) is 11.1. The molecule has 0 radical (unpaired) electrons. The van der Waals surface area contributed by atoms with E-state index in [9.17, 15) is 17.6 Å². The summed E-state index contributed by atoms with van der Waals surface area (Å²) in [6, 6.07) is 12.3. The summed E-state index contributed by atoms with van der Waals surface area (Å²) in [5.41, 5.74) is 0.644. The van der Waals surface area contributed by atoms with Gasteiger partial charge in [0.15, 0.2) is 0 Å². The lowest BCUT2D eigenvalue weighted by Crippen LogP contribution is -2.48. The molecule has 4 rings (SSSR count). The van der Waals surface area contributed by atoms with Gasteiger partial charge >= 0.3 is 0 Å². The Kier molecular flexibility index (Phi) is 9.13. The van der Waals surface area contributed by atoms with Crippen molar-refractivity contribution in [1.82, 2.24) is 15.3 Å².